The minimum absolute atomic E-state index is 0.0244. The lowest BCUT2D eigenvalue weighted by atomic mass is 9.48. The van der Waals surface area contributed by atoms with Crippen molar-refractivity contribution < 1.29 is 44.3 Å². The Morgan fingerprint density at radius 1 is 1.23 bits per heavy atom. The molecule has 2 saturated heterocycles. The highest BCUT2D eigenvalue weighted by Gasteiger charge is 2.92. The largest absolute Gasteiger partial charge is 0.446 e. The smallest absolute Gasteiger partial charge is 0.355 e. The van der Waals surface area contributed by atoms with Crippen molar-refractivity contribution in [2.45, 2.75) is 88.7 Å². The Kier molecular flexibility index (Phi) is 4.78. The molecule has 9 atom stereocenters. The fraction of sp³-hybridized carbons (Fsp3) is 0.720. The summed E-state index contributed by atoms with van der Waals surface area (Å²) < 4.78 is 11.7. The van der Waals surface area contributed by atoms with Crippen molar-refractivity contribution in [3.63, 3.8) is 0 Å². The van der Waals surface area contributed by atoms with E-state index in [4.69, 9.17) is 9.47 Å². The summed E-state index contributed by atoms with van der Waals surface area (Å²) in [5.41, 5.74) is -11.1. The van der Waals surface area contributed by atoms with Crippen molar-refractivity contribution in [1.29, 1.82) is 0 Å². The number of ketones is 2. The Hall–Kier alpha value is -2.11. The van der Waals surface area contributed by atoms with Crippen LogP contribution in [0.3, 0.4) is 0 Å². The van der Waals surface area contributed by atoms with Gasteiger partial charge in [-0.15, -0.1) is 0 Å². The predicted octanol–water partition coefficient (Wildman–Crippen LogP) is 0.475. The third kappa shape index (κ3) is 2.32. The number of fused-ring (bicyclic) bond motifs is 2. The Balaban J connectivity index is 1.81. The van der Waals surface area contributed by atoms with Gasteiger partial charge >= 0.3 is 5.97 Å². The van der Waals surface area contributed by atoms with Crippen molar-refractivity contribution in [3.05, 3.63) is 24.0 Å². The van der Waals surface area contributed by atoms with E-state index in [-0.39, 0.29) is 18.5 Å². The molecular formula is C25H33NO9. The van der Waals surface area contributed by atoms with Gasteiger partial charge in [0.15, 0.2) is 29.1 Å². The highest BCUT2D eigenvalue weighted by Crippen LogP contribution is 2.73. The summed E-state index contributed by atoms with van der Waals surface area (Å²) in [4.78, 5) is 44.5. The Bertz CT molecular complexity index is 1120. The van der Waals surface area contributed by atoms with E-state index >= 15 is 0 Å². The molecule has 5 rings (SSSR count). The number of H-pyrrole nitrogens is 1. The van der Waals surface area contributed by atoms with E-state index < -0.39 is 81.4 Å². The maximum absolute atomic E-state index is 14.4. The first kappa shape index (κ1) is 24.6. The molecule has 4 aliphatic rings. The van der Waals surface area contributed by atoms with Crippen LogP contribution in [0.15, 0.2) is 18.3 Å². The Labute approximate surface area is 202 Å². The van der Waals surface area contributed by atoms with Gasteiger partial charge in [-0.3, -0.25) is 9.59 Å². The second-order valence-corrected chi connectivity index (χ2v) is 11.6. The number of nitrogens with one attached hydrogen (secondary N) is 1. The number of carbonyl (C=O) groups excluding carboxylic acids is 3. The molecule has 2 aliphatic heterocycles. The second kappa shape index (κ2) is 6.80. The normalized spacial score (nSPS) is 50.9. The van der Waals surface area contributed by atoms with Crippen molar-refractivity contribution in [3.8, 4) is 0 Å². The van der Waals surface area contributed by atoms with Crippen LogP contribution in [-0.2, 0) is 19.1 Å². The van der Waals surface area contributed by atoms with Crippen molar-refractivity contribution >= 4 is 17.5 Å². The first-order valence-electron chi connectivity index (χ1n) is 12.1. The third-order valence-corrected chi connectivity index (χ3v) is 9.85. The second-order valence-electron chi connectivity index (χ2n) is 11.6. The number of aromatic nitrogens is 1. The van der Waals surface area contributed by atoms with Crippen LogP contribution >= 0.6 is 0 Å². The minimum atomic E-state index is -2.43. The minimum Gasteiger partial charge on any atom is -0.446 e. The van der Waals surface area contributed by atoms with Gasteiger partial charge in [-0.2, -0.15) is 0 Å². The number of hydrogen-bond acceptors (Lipinski definition) is 9. The van der Waals surface area contributed by atoms with Gasteiger partial charge in [0, 0.05) is 12.6 Å². The Morgan fingerprint density at radius 3 is 2.46 bits per heavy atom. The van der Waals surface area contributed by atoms with Gasteiger partial charge in [-0.05, 0) is 50.7 Å². The summed E-state index contributed by atoms with van der Waals surface area (Å²) in [6, 6.07) is 2.99. The molecule has 10 nitrogen and oxygen atoms in total. The topological polar surface area (TPSA) is 166 Å². The first-order valence-corrected chi connectivity index (χ1v) is 12.1. The number of aliphatic hydroxyl groups excluding tert-OH is 1. The van der Waals surface area contributed by atoms with E-state index in [2.05, 4.69) is 4.98 Å². The fourth-order valence-electron chi connectivity index (χ4n) is 7.57. The number of aromatic amines is 1. The molecule has 0 unspecified atom stereocenters. The SMILES string of the molecule is CC(C)[C@@]1(O)[C@@H](OC(=O)c2ccc[nH]2)C(=O)[C@@]2(C)C[C@]3(O)O[C@]4(C(=O)[C@]13C)[C@H](O)[C@@H](C)CC[C@@]42O. The van der Waals surface area contributed by atoms with Crippen LogP contribution in [0.25, 0.3) is 0 Å². The molecule has 1 aromatic rings. The van der Waals surface area contributed by atoms with Crippen LogP contribution in [0.5, 0.6) is 0 Å². The number of rotatable bonds is 3. The predicted molar refractivity (Wildman–Crippen MR) is 119 cm³/mol. The quantitative estimate of drug-likeness (QED) is 0.378. The number of Topliss-reactive ketones (excluding diaryl/α,β-unsaturated/α-hetero) is 2. The molecule has 10 heteroatoms. The standard InChI is InChI=1S/C25H33NO9/c1-12(2)24(33)17(34-18(29)14-7-6-10-26-14)16(28)20(4)11-23(32)21(24,5)19(30)25(35-23)15(27)13(3)8-9-22(20,25)31/h6-7,10,12-13,15,17,26-27,31-33H,8-9,11H2,1-5H3/t13-,15+,17-,20+,21-,22-,23-,24+,25-/m0/s1. The first-order chi connectivity index (χ1) is 16.1. The van der Waals surface area contributed by atoms with Gasteiger partial charge < -0.3 is 34.9 Å². The molecule has 5 N–H and O–H groups in total. The van der Waals surface area contributed by atoms with Gasteiger partial charge in [0.1, 0.15) is 22.3 Å². The molecule has 2 saturated carbocycles. The van der Waals surface area contributed by atoms with Crippen LogP contribution in [0.4, 0.5) is 0 Å². The van der Waals surface area contributed by atoms with E-state index in [0.717, 1.165) is 0 Å². The molecule has 35 heavy (non-hydrogen) atoms. The lowest BCUT2D eigenvalue weighted by Crippen LogP contribution is -2.80. The summed E-state index contributed by atoms with van der Waals surface area (Å²) in [5, 5.41) is 47.8. The maximum Gasteiger partial charge on any atom is 0.355 e. The summed E-state index contributed by atoms with van der Waals surface area (Å²) in [7, 11) is 0. The van der Waals surface area contributed by atoms with Crippen LogP contribution in [-0.4, -0.2) is 77.7 Å². The third-order valence-electron chi connectivity index (χ3n) is 9.85. The highest BCUT2D eigenvalue weighted by molar-refractivity contribution is 6.06. The van der Waals surface area contributed by atoms with Gasteiger partial charge in [-0.1, -0.05) is 20.8 Å². The average molecular weight is 492 g/mol. The molecule has 2 aliphatic carbocycles. The summed E-state index contributed by atoms with van der Waals surface area (Å²) in [6.45, 7) is 7.45. The number of esters is 1. The number of carbonyl (C=O) groups is 3. The highest BCUT2D eigenvalue weighted by atomic mass is 16.7. The van der Waals surface area contributed by atoms with Crippen molar-refractivity contribution in [1.82, 2.24) is 4.98 Å². The molecule has 0 amide bonds. The number of hydrogen-bond donors (Lipinski definition) is 5. The summed E-state index contributed by atoms with van der Waals surface area (Å²) in [6.07, 6.45) is -2.26. The van der Waals surface area contributed by atoms with Crippen LogP contribution in [0.2, 0.25) is 0 Å². The van der Waals surface area contributed by atoms with Crippen LogP contribution < -0.4 is 0 Å². The molecule has 1 aromatic heterocycles. The molecule has 0 aromatic carbocycles. The van der Waals surface area contributed by atoms with E-state index in [0.29, 0.717) is 0 Å². The van der Waals surface area contributed by atoms with Gasteiger partial charge in [0.25, 0.3) is 0 Å². The maximum atomic E-state index is 14.4. The van der Waals surface area contributed by atoms with Crippen LogP contribution in [0, 0.1) is 22.7 Å². The van der Waals surface area contributed by atoms with E-state index in [1.165, 1.54) is 26.1 Å². The van der Waals surface area contributed by atoms with Crippen LogP contribution in [0.1, 0.15) is 64.4 Å². The lowest BCUT2D eigenvalue weighted by molar-refractivity contribution is -0.383. The van der Waals surface area contributed by atoms with Gasteiger partial charge in [0.2, 0.25) is 0 Å². The van der Waals surface area contributed by atoms with Gasteiger partial charge in [0.05, 0.1) is 11.5 Å². The number of aliphatic hydroxyl groups is 4. The zero-order valence-corrected chi connectivity index (χ0v) is 20.5. The van der Waals surface area contributed by atoms with Gasteiger partial charge in [-0.25, -0.2) is 4.79 Å². The summed E-state index contributed by atoms with van der Waals surface area (Å²) >= 11 is 0. The van der Waals surface area contributed by atoms with E-state index in [9.17, 15) is 34.8 Å². The molecule has 4 fully saturated rings. The molecule has 3 heterocycles. The zero-order valence-electron chi connectivity index (χ0n) is 20.5. The molecular weight excluding hydrogens is 458 g/mol. The Morgan fingerprint density at radius 2 is 1.89 bits per heavy atom. The van der Waals surface area contributed by atoms with E-state index in [1.54, 1.807) is 26.8 Å². The molecule has 1 spiro atoms. The molecule has 192 valence electrons. The van der Waals surface area contributed by atoms with Crippen molar-refractivity contribution in [2.24, 2.45) is 22.7 Å². The molecule has 0 radical (unpaired) electrons. The number of ether oxygens (including phenoxy) is 2. The van der Waals surface area contributed by atoms with Crippen molar-refractivity contribution in [2.75, 3.05) is 0 Å². The zero-order chi connectivity index (χ0) is 26.0. The average Bonchev–Trinajstić information content (AvgIpc) is 3.38. The summed E-state index contributed by atoms with van der Waals surface area (Å²) in [5.74, 6) is -6.48. The lowest BCUT2D eigenvalue weighted by Gasteiger charge is -2.61. The monoisotopic (exact) mass is 491 g/mol. The molecule has 3 bridgehead atoms. The fourth-order valence-corrected chi connectivity index (χ4v) is 7.57. The van der Waals surface area contributed by atoms with E-state index in [1.807, 2.05) is 0 Å².